The maximum absolute atomic E-state index is 4.95. The van der Waals surface area contributed by atoms with Gasteiger partial charge in [-0.25, -0.2) is 4.99 Å². The molecule has 0 amide bonds. The predicted molar refractivity (Wildman–Crippen MR) is 137 cm³/mol. The summed E-state index contributed by atoms with van der Waals surface area (Å²) in [5, 5.41) is 1.25. The van der Waals surface area contributed by atoms with E-state index in [1.165, 1.54) is 64.3 Å². The van der Waals surface area contributed by atoms with Crippen molar-refractivity contribution < 1.29 is 0 Å². The van der Waals surface area contributed by atoms with Crippen LogP contribution in [0.1, 0.15) is 66.8 Å². The van der Waals surface area contributed by atoms with Gasteiger partial charge in [0.2, 0.25) is 0 Å². The summed E-state index contributed by atoms with van der Waals surface area (Å²) in [4.78, 5) is 9.76. The highest BCUT2D eigenvalue weighted by molar-refractivity contribution is 8.13. The maximum Gasteiger partial charge on any atom is 0.0736 e. The summed E-state index contributed by atoms with van der Waals surface area (Å²) in [7, 11) is 0. The molecule has 0 atom stereocenters. The fourth-order valence-electron chi connectivity index (χ4n) is 3.76. The summed E-state index contributed by atoms with van der Waals surface area (Å²) in [5.74, 6) is 0. The number of hydrogen-bond donors (Lipinski definition) is 0. The van der Waals surface area contributed by atoms with Crippen molar-refractivity contribution in [2.24, 2.45) is 9.98 Å². The van der Waals surface area contributed by atoms with Crippen LogP contribution in [0.25, 0.3) is 0 Å². The fourth-order valence-corrected chi connectivity index (χ4v) is 4.29. The molecule has 3 heteroatoms. The Kier molecular flexibility index (Phi) is 10.4. The fraction of sp³-hybridized carbons (Fsp3) is 0.481. The number of nitrogens with zero attached hydrogens (tertiary/aromatic N) is 2. The van der Waals surface area contributed by atoms with Gasteiger partial charge in [0, 0.05) is 18.7 Å². The molecule has 0 unspecified atom stereocenters. The van der Waals surface area contributed by atoms with E-state index < -0.39 is 0 Å². The van der Waals surface area contributed by atoms with Crippen LogP contribution in [-0.2, 0) is 6.42 Å². The van der Waals surface area contributed by atoms with Crippen LogP contribution in [-0.4, -0.2) is 23.6 Å². The highest BCUT2D eigenvalue weighted by Gasteiger charge is 2.05. The summed E-state index contributed by atoms with van der Waals surface area (Å²) in [6.45, 7) is 11.8. The van der Waals surface area contributed by atoms with Crippen LogP contribution < -0.4 is 0 Å². The Labute approximate surface area is 188 Å². The number of para-hydroxylation sites is 1. The molecule has 2 nitrogen and oxygen atoms in total. The number of benzene rings is 2. The summed E-state index contributed by atoms with van der Waals surface area (Å²) in [6, 6.07) is 12.9. The molecule has 0 saturated heterocycles. The second kappa shape index (κ2) is 12.7. The van der Waals surface area contributed by atoms with Crippen LogP contribution in [0.5, 0.6) is 0 Å². The molecule has 0 radical (unpaired) electrons. The first-order chi connectivity index (χ1) is 14.4. The molecule has 0 fully saturated rings. The van der Waals surface area contributed by atoms with Crippen molar-refractivity contribution in [2.75, 3.05) is 12.8 Å². The molecule has 0 aliphatic rings. The van der Waals surface area contributed by atoms with Crippen LogP contribution in [0.15, 0.2) is 46.4 Å². The Morgan fingerprint density at radius 3 is 1.97 bits per heavy atom. The second-order valence-corrected chi connectivity index (χ2v) is 9.16. The summed E-state index contributed by atoms with van der Waals surface area (Å²) in [6.07, 6.45) is 9.06. The van der Waals surface area contributed by atoms with Gasteiger partial charge in [0.1, 0.15) is 0 Å². The Hall–Kier alpha value is -1.87. The molecule has 162 valence electrons. The van der Waals surface area contributed by atoms with Gasteiger partial charge in [0.25, 0.3) is 0 Å². The van der Waals surface area contributed by atoms with E-state index in [1.54, 1.807) is 11.8 Å². The zero-order valence-corrected chi connectivity index (χ0v) is 20.5. The van der Waals surface area contributed by atoms with Crippen molar-refractivity contribution in [1.82, 2.24) is 0 Å². The SMILES string of the molecule is CSC(CCCCCCN=C(C)Cc1c(C)cccc1C)=Nc1c(C)cccc1C. The van der Waals surface area contributed by atoms with Crippen LogP contribution >= 0.6 is 11.8 Å². The Balaban J connectivity index is 1.72. The molecule has 0 aromatic heterocycles. The third-order valence-corrected chi connectivity index (χ3v) is 6.44. The lowest BCUT2D eigenvalue weighted by Crippen LogP contribution is -2.03. The van der Waals surface area contributed by atoms with E-state index in [2.05, 4.69) is 77.3 Å². The first-order valence-corrected chi connectivity index (χ1v) is 12.4. The van der Waals surface area contributed by atoms with E-state index in [-0.39, 0.29) is 0 Å². The van der Waals surface area contributed by atoms with Gasteiger partial charge < -0.3 is 0 Å². The largest absolute Gasteiger partial charge is 0.294 e. The van der Waals surface area contributed by atoms with Gasteiger partial charge in [-0.15, -0.1) is 11.8 Å². The third kappa shape index (κ3) is 7.75. The van der Waals surface area contributed by atoms with E-state index in [4.69, 9.17) is 9.98 Å². The Bertz CT molecular complexity index is 840. The summed E-state index contributed by atoms with van der Waals surface area (Å²) >= 11 is 1.79. The third-order valence-electron chi connectivity index (χ3n) is 5.67. The van der Waals surface area contributed by atoms with Gasteiger partial charge in [-0.3, -0.25) is 4.99 Å². The van der Waals surface area contributed by atoms with Crippen molar-refractivity contribution in [2.45, 2.75) is 73.1 Å². The highest BCUT2D eigenvalue weighted by Crippen LogP contribution is 2.25. The zero-order chi connectivity index (χ0) is 21.9. The number of aliphatic imine (C=N–C) groups is 2. The lowest BCUT2D eigenvalue weighted by Gasteiger charge is -2.09. The smallest absolute Gasteiger partial charge is 0.0736 e. The zero-order valence-electron chi connectivity index (χ0n) is 19.7. The quantitative estimate of drug-likeness (QED) is 0.216. The molecule has 0 saturated carbocycles. The lowest BCUT2D eigenvalue weighted by molar-refractivity contribution is 0.661. The molecule has 2 rings (SSSR count). The first-order valence-electron chi connectivity index (χ1n) is 11.1. The molecule has 2 aromatic rings. The monoisotopic (exact) mass is 422 g/mol. The molecule has 0 heterocycles. The summed E-state index contributed by atoms with van der Waals surface area (Å²) < 4.78 is 0. The minimum absolute atomic E-state index is 0.947. The van der Waals surface area contributed by atoms with Gasteiger partial charge in [0.05, 0.1) is 10.7 Å². The highest BCUT2D eigenvalue weighted by atomic mass is 32.2. The molecule has 2 aromatic carbocycles. The standard InChI is InChI=1S/C27H38N2S/c1-20-13-11-14-21(2)25(20)19-24(5)28-18-10-8-7-9-17-26(30-6)29-27-22(3)15-12-16-23(27)4/h11-16H,7-10,17-19H2,1-6H3. The van der Waals surface area contributed by atoms with Crippen molar-refractivity contribution in [3.05, 3.63) is 64.2 Å². The number of rotatable bonds is 10. The van der Waals surface area contributed by atoms with Crippen LogP contribution in [0, 0.1) is 27.7 Å². The summed E-state index contributed by atoms with van der Waals surface area (Å²) in [5.41, 5.74) is 9.10. The lowest BCUT2D eigenvalue weighted by atomic mass is 9.98. The van der Waals surface area contributed by atoms with Crippen molar-refractivity contribution in [3.63, 3.8) is 0 Å². The topological polar surface area (TPSA) is 24.7 Å². The maximum atomic E-state index is 4.95. The minimum atomic E-state index is 0.947. The van der Waals surface area contributed by atoms with Crippen molar-refractivity contribution in [1.29, 1.82) is 0 Å². The molecule has 0 N–H and O–H groups in total. The molecule has 0 aliphatic carbocycles. The molecule has 0 spiro atoms. The average Bonchev–Trinajstić information content (AvgIpc) is 2.71. The molecule has 0 aliphatic heterocycles. The normalized spacial score (nSPS) is 12.5. The van der Waals surface area contributed by atoms with E-state index >= 15 is 0 Å². The number of thioether (sulfide) groups is 1. The van der Waals surface area contributed by atoms with Crippen LogP contribution in [0.3, 0.4) is 0 Å². The van der Waals surface area contributed by atoms with Gasteiger partial charge in [0.15, 0.2) is 0 Å². The van der Waals surface area contributed by atoms with Crippen molar-refractivity contribution in [3.8, 4) is 0 Å². The van der Waals surface area contributed by atoms with Crippen LogP contribution in [0.2, 0.25) is 0 Å². The van der Waals surface area contributed by atoms with Gasteiger partial charge in [-0.05, 0) is 88.0 Å². The minimum Gasteiger partial charge on any atom is -0.294 e. The van der Waals surface area contributed by atoms with E-state index in [0.717, 1.165) is 25.1 Å². The van der Waals surface area contributed by atoms with Gasteiger partial charge in [-0.1, -0.05) is 49.2 Å². The first kappa shape index (κ1) is 24.4. The van der Waals surface area contributed by atoms with E-state index in [9.17, 15) is 0 Å². The molecule has 30 heavy (non-hydrogen) atoms. The number of unbranched alkanes of at least 4 members (excludes halogenated alkanes) is 3. The van der Waals surface area contributed by atoms with Gasteiger partial charge >= 0.3 is 0 Å². The van der Waals surface area contributed by atoms with Gasteiger partial charge in [-0.2, -0.15) is 0 Å². The number of hydrogen-bond acceptors (Lipinski definition) is 3. The molecular formula is C27H38N2S. The molecular weight excluding hydrogens is 384 g/mol. The van der Waals surface area contributed by atoms with Crippen molar-refractivity contribution >= 4 is 28.2 Å². The Morgan fingerprint density at radius 1 is 0.800 bits per heavy atom. The predicted octanol–water partition coefficient (Wildman–Crippen LogP) is 7.97. The Morgan fingerprint density at radius 2 is 1.37 bits per heavy atom. The second-order valence-electron chi connectivity index (χ2n) is 8.28. The van der Waals surface area contributed by atoms with E-state index in [0.29, 0.717) is 0 Å². The number of aryl methyl sites for hydroxylation is 4. The van der Waals surface area contributed by atoms with E-state index in [1.807, 2.05) is 0 Å². The molecule has 0 bridgehead atoms. The average molecular weight is 423 g/mol. The van der Waals surface area contributed by atoms with Crippen LogP contribution in [0.4, 0.5) is 5.69 Å².